The predicted octanol–water partition coefficient (Wildman–Crippen LogP) is 20.6. The van der Waals surface area contributed by atoms with Crippen LogP contribution in [0, 0.1) is 17.8 Å². The van der Waals surface area contributed by atoms with Crippen LogP contribution in [0.3, 0.4) is 0 Å². The van der Waals surface area contributed by atoms with Gasteiger partial charge in [-0.25, -0.2) is 9.13 Å². The first-order valence-electron chi connectivity index (χ1n) is 37.3. The molecule has 0 aromatic rings. The lowest BCUT2D eigenvalue weighted by atomic mass is 10.0. The fourth-order valence-corrected chi connectivity index (χ4v) is 12.5. The molecule has 3 N–H and O–H groups in total. The molecular formula is C72H140O17P2. The molecule has 0 bridgehead atoms. The summed E-state index contributed by atoms with van der Waals surface area (Å²) in [4.78, 5) is 72.5. The maximum Gasteiger partial charge on any atom is 0.472 e. The maximum atomic E-state index is 13.0. The van der Waals surface area contributed by atoms with Crippen molar-refractivity contribution in [1.29, 1.82) is 0 Å². The summed E-state index contributed by atoms with van der Waals surface area (Å²) in [6.45, 7) is 11.8. The summed E-state index contributed by atoms with van der Waals surface area (Å²) in [6, 6.07) is 0. The number of aliphatic hydroxyl groups excluding tert-OH is 1. The molecule has 0 aromatic carbocycles. The fourth-order valence-electron chi connectivity index (χ4n) is 10.9. The predicted molar refractivity (Wildman–Crippen MR) is 368 cm³/mol. The summed E-state index contributed by atoms with van der Waals surface area (Å²) in [5.41, 5.74) is 0. The smallest absolute Gasteiger partial charge is 0.462 e. The summed E-state index contributed by atoms with van der Waals surface area (Å²) in [5.74, 6) is 0.163. The number of hydrogen-bond acceptors (Lipinski definition) is 15. The van der Waals surface area contributed by atoms with Crippen molar-refractivity contribution in [2.24, 2.45) is 17.8 Å². The molecule has 0 heterocycles. The van der Waals surface area contributed by atoms with Gasteiger partial charge in [-0.1, -0.05) is 312 Å². The number of unbranched alkanes of at least 4 members (excludes halogenated alkanes) is 38. The lowest BCUT2D eigenvalue weighted by Gasteiger charge is -2.21. The Kier molecular flexibility index (Phi) is 61.5. The van der Waals surface area contributed by atoms with Crippen LogP contribution < -0.4 is 0 Å². The average molecular weight is 1340 g/mol. The first-order chi connectivity index (χ1) is 43.7. The normalized spacial score (nSPS) is 14.2. The highest BCUT2D eigenvalue weighted by Crippen LogP contribution is 2.45. The quantitative estimate of drug-likeness (QED) is 0.0222. The van der Waals surface area contributed by atoms with E-state index >= 15 is 0 Å². The second-order valence-electron chi connectivity index (χ2n) is 27.4. The molecule has 0 radical (unpaired) electrons. The van der Waals surface area contributed by atoms with E-state index in [2.05, 4.69) is 48.5 Å². The number of phosphoric acid groups is 2. The van der Waals surface area contributed by atoms with Gasteiger partial charge in [0.05, 0.1) is 26.4 Å². The van der Waals surface area contributed by atoms with Crippen LogP contribution in [-0.4, -0.2) is 96.7 Å². The molecule has 17 nitrogen and oxygen atoms in total. The Morgan fingerprint density at radius 2 is 0.505 bits per heavy atom. The van der Waals surface area contributed by atoms with Crippen molar-refractivity contribution in [3.63, 3.8) is 0 Å². The lowest BCUT2D eigenvalue weighted by molar-refractivity contribution is -0.161. The number of esters is 4. The minimum absolute atomic E-state index is 0.105. The van der Waals surface area contributed by atoms with Crippen molar-refractivity contribution in [2.45, 2.75) is 381 Å². The summed E-state index contributed by atoms with van der Waals surface area (Å²) in [6.07, 6.45) is 47.3. The van der Waals surface area contributed by atoms with Gasteiger partial charge in [0.25, 0.3) is 0 Å². The summed E-state index contributed by atoms with van der Waals surface area (Å²) in [7, 11) is -9.90. The molecule has 0 saturated heterocycles. The summed E-state index contributed by atoms with van der Waals surface area (Å²) < 4.78 is 68.3. The molecule has 0 aliphatic carbocycles. The van der Waals surface area contributed by atoms with E-state index in [0.29, 0.717) is 25.7 Å². The number of aliphatic hydroxyl groups is 1. The molecule has 0 fully saturated rings. The second kappa shape index (κ2) is 62.8. The zero-order valence-corrected chi connectivity index (χ0v) is 61.1. The Bertz CT molecular complexity index is 1780. The van der Waals surface area contributed by atoms with Crippen molar-refractivity contribution >= 4 is 39.5 Å². The van der Waals surface area contributed by atoms with Gasteiger partial charge in [-0.3, -0.25) is 37.3 Å². The third-order valence-corrected chi connectivity index (χ3v) is 18.5. The Morgan fingerprint density at radius 3 is 0.747 bits per heavy atom. The highest BCUT2D eigenvalue weighted by molar-refractivity contribution is 7.47. The molecule has 5 atom stereocenters. The van der Waals surface area contributed by atoms with E-state index in [1.54, 1.807) is 0 Å². The van der Waals surface area contributed by atoms with E-state index in [1.807, 2.05) is 0 Å². The van der Waals surface area contributed by atoms with Crippen LogP contribution in [0.15, 0.2) is 0 Å². The topological polar surface area (TPSA) is 237 Å². The number of ether oxygens (including phenoxy) is 4. The van der Waals surface area contributed by atoms with Crippen LogP contribution in [0.5, 0.6) is 0 Å². The first kappa shape index (κ1) is 89.1. The van der Waals surface area contributed by atoms with Crippen LogP contribution in [0.2, 0.25) is 0 Å². The van der Waals surface area contributed by atoms with Gasteiger partial charge in [0.2, 0.25) is 0 Å². The van der Waals surface area contributed by atoms with Gasteiger partial charge < -0.3 is 33.8 Å². The fraction of sp³-hybridized carbons (Fsp3) is 0.944. The number of rotatable bonds is 70. The van der Waals surface area contributed by atoms with Crippen LogP contribution in [0.1, 0.15) is 363 Å². The number of phosphoric ester groups is 2. The van der Waals surface area contributed by atoms with Crippen molar-refractivity contribution in [3.8, 4) is 0 Å². The van der Waals surface area contributed by atoms with E-state index in [1.165, 1.54) is 167 Å². The van der Waals surface area contributed by atoms with Gasteiger partial charge >= 0.3 is 39.5 Å². The second-order valence-corrected chi connectivity index (χ2v) is 30.3. The van der Waals surface area contributed by atoms with Gasteiger partial charge in [-0.15, -0.1) is 0 Å². The third-order valence-electron chi connectivity index (χ3n) is 16.6. The van der Waals surface area contributed by atoms with Gasteiger partial charge in [-0.05, 0) is 43.4 Å². The highest BCUT2D eigenvalue weighted by Gasteiger charge is 2.30. The number of carbonyl (C=O) groups excluding carboxylic acids is 4. The van der Waals surface area contributed by atoms with E-state index in [4.69, 9.17) is 37.0 Å². The van der Waals surface area contributed by atoms with Gasteiger partial charge in [0, 0.05) is 25.7 Å². The molecule has 0 aliphatic rings. The molecule has 0 saturated carbocycles. The zero-order chi connectivity index (χ0) is 67.3. The summed E-state index contributed by atoms with van der Waals surface area (Å²) >= 11 is 0. The molecule has 0 aromatic heterocycles. The number of carbonyl (C=O) groups is 4. The highest BCUT2D eigenvalue weighted by atomic mass is 31.2. The average Bonchev–Trinajstić information content (AvgIpc) is 3.72. The SMILES string of the molecule is CCCCCCCCCCC(=O)OC[C@H](COP(=O)(O)OC[C@H](O)COP(=O)(O)OC[C@@H](COC(=O)CCCCCCCCCCCC(C)C)OC(=O)CCCCCCCCCCCCCCCCCCC(C)C)OC(=O)CCCCCCCCCCCC(C)C. The molecule has 91 heavy (non-hydrogen) atoms. The van der Waals surface area contributed by atoms with Crippen LogP contribution >= 0.6 is 15.6 Å². The van der Waals surface area contributed by atoms with Crippen LogP contribution in [0.25, 0.3) is 0 Å². The van der Waals surface area contributed by atoms with Crippen molar-refractivity contribution in [2.75, 3.05) is 39.6 Å². The molecule has 0 amide bonds. The van der Waals surface area contributed by atoms with Crippen molar-refractivity contribution in [3.05, 3.63) is 0 Å². The molecule has 540 valence electrons. The monoisotopic (exact) mass is 1340 g/mol. The van der Waals surface area contributed by atoms with Crippen molar-refractivity contribution < 1.29 is 80.2 Å². The lowest BCUT2D eigenvalue weighted by Crippen LogP contribution is -2.30. The Morgan fingerprint density at radius 1 is 0.297 bits per heavy atom. The maximum absolute atomic E-state index is 13.0. The van der Waals surface area contributed by atoms with Gasteiger partial charge in [0.15, 0.2) is 12.2 Å². The summed E-state index contributed by atoms with van der Waals surface area (Å²) in [5, 5.41) is 10.6. The molecule has 19 heteroatoms. The molecule has 2 unspecified atom stereocenters. The van der Waals surface area contributed by atoms with Crippen molar-refractivity contribution in [1.82, 2.24) is 0 Å². The van der Waals surface area contributed by atoms with E-state index in [-0.39, 0.29) is 25.7 Å². The Hall–Kier alpha value is -1.94. The minimum atomic E-state index is -4.95. The molecular weight excluding hydrogens is 1200 g/mol. The standard InChI is InChI=1S/C72H140O17P2/c1-8-9-10-11-12-32-39-46-53-69(74)82-59-67(89-72(77)56-49-42-35-28-22-25-31-38-45-52-65(6)7)61-86-90(78,79)84-57-66(73)58-85-91(80,81)87-62-68(60-83-70(75)54-47-40-33-27-21-24-30-37-44-51-64(4)5)88-71(76)55-48-41-34-26-20-18-16-14-13-15-17-19-23-29-36-43-50-63(2)3/h63-68,73H,8-62H2,1-7H3,(H,78,79)(H,80,81)/t66-,67+,68+/m0/s1. The molecule has 0 rings (SSSR count). The minimum Gasteiger partial charge on any atom is -0.462 e. The first-order valence-corrected chi connectivity index (χ1v) is 40.3. The van der Waals surface area contributed by atoms with Gasteiger partial charge in [0.1, 0.15) is 19.3 Å². The van der Waals surface area contributed by atoms with Crippen LogP contribution in [0.4, 0.5) is 0 Å². The van der Waals surface area contributed by atoms with Gasteiger partial charge in [-0.2, -0.15) is 0 Å². The van der Waals surface area contributed by atoms with E-state index < -0.39 is 97.5 Å². The van der Waals surface area contributed by atoms with E-state index in [0.717, 1.165) is 114 Å². The third kappa shape index (κ3) is 66.5. The zero-order valence-electron chi connectivity index (χ0n) is 59.3. The Labute approximate surface area is 556 Å². The molecule has 0 aliphatic heterocycles. The largest absolute Gasteiger partial charge is 0.472 e. The van der Waals surface area contributed by atoms with E-state index in [9.17, 15) is 43.2 Å². The Balaban J connectivity index is 5.20. The van der Waals surface area contributed by atoms with Crippen LogP contribution in [-0.2, 0) is 65.4 Å². The number of hydrogen-bond donors (Lipinski definition) is 3. The molecule has 0 spiro atoms.